The summed E-state index contributed by atoms with van der Waals surface area (Å²) in [4.78, 5) is 6.65. The van der Waals surface area contributed by atoms with Crippen LogP contribution in [0.5, 0.6) is 5.75 Å². The van der Waals surface area contributed by atoms with Crippen LogP contribution in [0.1, 0.15) is 26.7 Å². The van der Waals surface area contributed by atoms with Gasteiger partial charge in [0.1, 0.15) is 6.33 Å². The molecule has 0 radical (unpaired) electrons. The lowest BCUT2D eigenvalue weighted by Crippen LogP contribution is -2.37. The van der Waals surface area contributed by atoms with Crippen LogP contribution in [0.3, 0.4) is 0 Å². The Hall–Kier alpha value is -2.56. The van der Waals surface area contributed by atoms with E-state index in [9.17, 15) is 9.50 Å². The lowest BCUT2D eigenvalue weighted by molar-refractivity contribution is 0.280. The van der Waals surface area contributed by atoms with Gasteiger partial charge in [-0.15, -0.1) is 0 Å². The predicted molar refractivity (Wildman–Crippen MR) is 97.9 cm³/mol. The third-order valence-corrected chi connectivity index (χ3v) is 5.23. The highest BCUT2D eigenvalue weighted by molar-refractivity contribution is 5.79. The van der Waals surface area contributed by atoms with E-state index in [1.807, 2.05) is 16.7 Å². The van der Waals surface area contributed by atoms with E-state index in [1.165, 1.54) is 30.7 Å². The molecule has 0 spiro atoms. The molecule has 0 atom stereocenters. The molecule has 2 aromatic carbocycles. The minimum atomic E-state index is -0.652. The minimum absolute atomic E-state index is 0.359. The van der Waals surface area contributed by atoms with E-state index in [1.54, 1.807) is 6.33 Å². The van der Waals surface area contributed by atoms with Crippen LogP contribution in [0.25, 0.3) is 16.7 Å². The van der Waals surface area contributed by atoms with Crippen LogP contribution in [-0.2, 0) is 0 Å². The van der Waals surface area contributed by atoms with E-state index in [0.29, 0.717) is 16.4 Å². The Bertz CT molecular complexity index is 905. The predicted octanol–water partition coefficient (Wildman–Crippen LogP) is 4.50. The second-order valence-electron chi connectivity index (χ2n) is 7.57. The van der Waals surface area contributed by atoms with E-state index < -0.39 is 5.82 Å². The standard InChI is InChI=1S/C20H22FN3O/c1-20(2)7-9-23(10-8-20)14-3-5-15(6-4-14)24-13-22-17-11-16(21)19(25)12-18(17)24/h3-6,11-13,25H,7-10H2,1-2H3. The fourth-order valence-electron chi connectivity index (χ4n) is 3.42. The number of anilines is 1. The van der Waals surface area contributed by atoms with Crippen LogP contribution in [0, 0.1) is 11.2 Å². The van der Waals surface area contributed by atoms with Crippen molar-refractivity contribution in [3.8, 4) is 11.4 Å². The molecule has 0 amide bonds. The number of fused-ring (bicyclic) bond motifs is 1. The number of phenols is 1. The quantitative estimate of drug-likeness (QED) is 0.747. The first-order chi connectivity index (χ1) is 11.9. The Labute approximate surface area is 146 Å². The van der Waals surface area contributed by atoms with Gasteiger partial charge in [-0.2, -0.15) is 0 Å². The lowest BCUT2D eigenvalue weighted by atomic mass is 9.82. The SMILES string of the molecule is CC1(C)CCN(c2ccc(-n3cnc4cc(F)c(O)cc43)cc2)CC1. The monoisotopic (exact) mass is 339 g/mol. The number of nitrogens with zero attached hydrogens (tertiary/aromatic N) is 3. The van der Waals surface area contributed by atoms with Gasteiger partial charge in [0.25, 0.3) is 0 Å². The highest BCUT2D eigenvalue weighted by Gasteiger charge is 2.25. The normalized spacial score (nSPS) is 17.2. The number of aromatic nitrogens is 2. The molecule has 0 bridgehead atoms. The zero-order chi connectivity index (χ0) is 17.6. The van der Waals surface area contributed by atoms with Crippen LogP contribution < -0.4 is 4.90 Å². The summed E-state index contributed by atoms with van der Waals surface area (Å²) in [6, 6.07) is 11.0. The number of phenolic OH excluding ortho intramolecular Hbond substituents is 1. The van der Waals surface area contributed by atoms with Crippen LogP contribution in [0.2, 0.25) is 0 Å². The van der Waals surface area contributed by atoms with Crippen molar-refractivity contribution in [2.75, 3.05) is 18.0 Å². The molecule has 0 aliphatic carbocycles. The molecule has 1 N–H and O–H groups in total. The molecule has 1 saturated heterocycles. The smallest absolute Gasteiger partial charge is 0.167 e. The summed E-state index contributed by atoms with van der Waals surface area (Å²) in [7, 11) is 0. The molecule has 4 nitrogen and oxygen atoms in total. The van der Waals surface area contributed by atoms with Crippen molar-refractivity contribution in [2.24, 2.45) is 5.41 Å². The molecule has 5 heteroatoms. The number of piperidine rings is 1. The van der Waals surface area contributed by atoms with Crippen LogP contribution in [0.4, 0.5) is 10.1 Å². The van der Waals surface area contributed by atoms with E-state index in [0.717, 1.165) is 18.8 Å². The third-order valence-electron chi connectivity index (χ3n) is 5.23. The summed E-state index contributed by atoms with van der Waals surface area (Å²) < 4.78 is 15.3. The summed E-state index contributed by atoms with van der Waals surface area (Å²) in [5, 5.41) is 9.64. The molecule has 1 aromatic heterocycles. The molecule has 0 saturated carbocycles. The van der Waals surface area contributed by atoms with Gasteiger partial charge in [-0.3, -0.25) is 4.57 Å². The van der Waals surface area contributed by atoms with Crippen molar-refractivity contribution in [1.82, 2.24) is 9.55 Å². The van der Waals surface area contributed by atoms with E-state index in [-0.39, 0.29) is 5.75 Å². The summed E-state index contributed by atoms with van der Waals surface area (Å²) in [6.45, 7) is 6.81. The zero-order valence-corrected chi connectivity index (χ0v) is 14.5. The highest BCUT2D eigenvalue weighted by atomic mass is 19.1. The van der Waals surface area contributed by atoms with Gasteiger partial charge < -0.3 is 10.0 Å². The molecular formula is C20H22FN3O. The van der Waals surface area contributed by atoms with Crippen LogP contribution in [0.15, 0.2) is 42.7 Å². The van der Waals surface area contributed by atoms with E-state index >= 15 is 0 Å². The molecule has 1 fully saturated rings. The Balaban J connectivity index is 1.62. The summed E-state index contributed by atoms with van der Waals surface area (Å²) >= 11 is 0. The summed E-state index contributed by atoms with van der Waals surface area (Å²) in [5.74, 6) is -1.01. The first kappa shape index (κ1) is 15.9. The summed E-state index contributed by atoms with van der Waals surface area (Å²) in [5.41, 5.74) is 3.81. The second kappa shape index (κ2) is 5.76. The number of hydrogen-bond donors (Lipinski definition) is 1. The van der Waals surface area contributed by atoms with Gasteiger partial charge in [-0.25, -0.2) is 9.37 Å². The Kier molecular flexibility index (Phi) is 3.67. The van der Waals surface area contributed by atoms with Crippen molar-refractivity contribution < 1.29 is 9.50 Å². The molecule has 4 rings (SSSR count). The molecule has 130 valence electrons. The molecule has 1 aliphatic heterocycles. The number of rotatable bonds is 2. The number of benzene rings is 2. The molecular weight excluding hydrogens is 317 g/mol. The maximum absolute atomic E-state index is 13.5. The van der Waals surface area contributed by atoms with Crippen LogP contribution in [-0.4, -0.2) is 27.7 Å². The molecule has 3 aromatic rings. The largest absolute Gasteiger partial charge is 0.505 e. The van der Waals surface area contributed by atoms with Gasteiger partial charge >= 0.3 is 0 Å². The number of imidazole rings is 1. The Morgan fingerprint density at radius 2 is 1.68 bits per heavy atom. The topological polar surface area (TPSA) is 41.3 Å². The summed E-state index contributed by atoms with van der Waals surface area (Å²) in [6.07, 6.45) is 4.06. The Morgan fingerprint density at radius 3 is 2.36 bits per heavy atom. The van der Waals surface area contributed by atoms with E-state index in [4.69, 9.17) is 0 Å². The molecule has 1 aliphatic rings. The first-order valence-electron chi connectivity index (χ1n) is 8.64. The van der Waals surface area contributed by atoms with Gasteiger partial charge in [-0.1, -0.05) is 13.8 Å². The van der Waals surface area contributed by atoms with Gasteiger partial charge in [0, 0.05) is 36.6 Å². The van der Waals surface area contributed by atoms with Gasteiger partial charge in [0.05, 0.1) is 11.0 Å². The molecule has 2 heterocycles. The van der Waals surface area contributed by atoms with Crippen molar-refractivity contribution in [1.29, 1.82) is 0 Å². The van der Waals surface area contributed by atoms with Crippen molar-refractivity contribution in [3.05, 3.63) is 48.5 Å². The van der Waals surface area contributed by atoms with Gasteiger partial charge in [-0.05, 0) is 42.5 Å². The van der Waals surface area contributed by atoms with Crippen molar-refractivity contribution in [3.63, 3.8) is 0 Å². The Morgan fingerprint density at radius 1 is 1.04 bits per heavy atom. The second-order valence-corrected chi connectivity index (χ2v) is 7.57. The average molecular weight is 339 g/mol. The van der Waals surface area contributed by atoms with Gasteiger partial charge in [0.2, 0.25) is 0 Å². The fraction of sp³-hybridized carbons (Fsp3) is 0.350. The number of aromatic hydroxyl groups is 1. The van der Waals surface area contributed by atoms with Gasteiger partial charge in [0.15, 0.2) is 11.6 Å². The van der Waals surface area contributed by atoms with Crippen molar-refractivity contribution in [2.45, 2.75) is 26.7 Å². The fourth-order valence-corrected chi connectivity index (χ4v) is 3.42. The van der Waals surface area contributed by atoms with Crippen molar-refractivity contribution >= 4 is 16.7 Å². The third kappa shape index (κ3) is 2.95. The highest BCUT2D eigenvalue weighted by Crippen LogP contribution is 2.32. The first-order valence-corrected chi connectivity index (χ1v) is 8.64. The number of halogens is 1. The zero-order valence-electron chi connectivity index (χ0n) is 14.5. The van der Waals surface area contributed by atoms with E-state index in [2.05, 4.69) is 35.9 Å². The molecule has 0 unspecified atom stereocenters. The maximum atomic E-state index is 13.5. The van der Waals surface area contributed by atoms with Crippen LogP contribution >= 0.6 is 0 Å². The maximum Gasteiger partial charge on any atom is 0.167 e. The average Bonchev–Trinajstić information content (AvgIpc) is 2.98. The number of hydrogen-bond acceptors (Lipinski definition) is 3. The molecule has 25 heavy (non-hydrogen) atoms. The lowest BCUT2D eigenvalue weighted by Gasteiger charge is -2.38. The minimum Gasteiger partial charge on any atom is -0.505 e.